The summed E-state index contributed by atoms with van der Waals surface area (Å²) >= 11 is 1.18. The molecule has 0 saturated heterocycles. The number of carbonyl (C=O) groups excluding carboxylic acids is 1. The second-order valence-electron chi connectivity index (χ2n) is 4.88. The van der Waals surface area contributed by atoms with Gasteiger partial charge in [-0.15, -0.1) is 16.6 Å². The van der Waals surface area contributed by atoms with E-state index in [1.165, 1.54) is 11.8 Å². The van der Waals surface area contributed by atoms with E-state index >= 15 is 0 Å². The van der Waals surface area contributed by atoms with Gasteiger partial charge in [0.1, 0.15) is 5.54 Å². The van der Waals surface area contributed by atoms with Gasteiger partial charge in [-0.1, -0.05) is 31.5 Å². The van der Waals surface area contributed by atoms with Crippen molar-refractivity contribution in [1.29, 1.82) is 0 Å². The molecule has 0 spiro atoms. The number of nitrogens with zero attached hydrogens (tertiary/aromatic N) is 3. The lowest BCUT2D eigenvalue weighted by Gasteiger charge is -2.26. The van der Waals surface area contributed by atoms with Crippen molar-refractivity contribution >= 4 is 17.7 Å². The van der Waals surface area contributed by atoms with E-state index in [1.807, 2.05) is 13.8 Å². The van der Waals surface area contributed by atoms with Crippen LogP contribution in [0.25, 0.3) is 11.5 Å². The smallest absolute Gasteiger partial charge is 0.277 e. The Morgan fingerprint density at radius 3 is 2.65 bits per heavy atom. The van der Waals surface area contributed by atoms with Gasteiger partial charge < -0.3 is 9.73 Å². The van der Waals surface area contributed by atoms with Crippen molar-refractivity contribution in [3.63, 3.8) is 0 Å². The number of rotatable bonds is 7. The molecule has 0 fully saturated rings. The lowest BCUT2D eigenvalue weighted by molar-refractivity contribution is -0.119. The summed E-state index contributed by atoms with van der Waals surface area (Å²) in [4.78, 5) is 16.0. The lowest BCUT2D eigenvalue weighted by atomic mass is 9.94. The molecule has 0 aromatic carbocycles. The summed E-state index contributed by atoms with van der Waals surface area (Å²) in [6.45, 7) is 3.91. The average Bonchev–Trinajstić information content (AvgIpc) is 3.08. The van der Waals surface area contributed by atoms with Crippen molar-refractivity contribution in [3.8, 4) is 23.8 Å². The maximum Gasteiger partial charge on any atom is 0.277 e. The standard InChI is InChI=1S/C16H18N4O2S/c1-4-16(5-2,6-3)18-13(21)11-23-15-20-19-14(22-15)12-7-9-17-10-8-12/h1,7-10H,5-6,11H2,2-3H3,(H,18,21). The quantitative estimate of drug-likeness (QED) is 0.620. The molecular formula is C16H18N4O2S. The summed E-state index contributed by atoms with van der Waals surface area (Å²) in [5.74, 6) is 3.09. The molecule has 1 N–H and O–H groups in total. The Morgan fingerprint density at radius 2 is 2.04 bits per heavy atom. The molecule has 0 radical (unpaired) electrons. The first-order chi connectivity index (χ1) is 11.1. The third-order valence-corrected chi connectivity index (χ3v) is 4.34. The van der Waals surface area contributed by atoms with E-state index in [9.17, 15) is 4.79 Å². The SMILES string of the molecule is C#CC(CC)(CC)NC(=O)CSc1nnc(-c2ccncc2)o1. The predicted molar refractivity (Wildman–Crippen MR) is 88.5 cm³/mol. The second-order valence-corrected chi connectivity index (χ2v) is 5.81. The normalized spacial score (nSPS) is 11.0. The molecule has 23 heavy (non-hydrogen) atoms. The van der Waals surface area contributed by atoms with Crippen LogP contribution in [0.15, 0.2) is 34.2 Å². The van der Waals surface area contributed by atoms with Gasteiger partial charge in [0, 0.05) is 18.0 Å². The maximum atomic E-state index is 12.1. The van der Waals surface area contributed by atoms with Gasteiger partial charge in [0.2, 0.25) is 11.8 Å². The topological polar surface area (TPSA) is 80.9 Å². The maximum absolute atomic E-state index is 12.1. The zero-order valence-electron chi connectivity index (χ0n) is 13.1. The van der Waals surface area contributed by atoms with Crippen LogP contribution in [-0.4, -0.2) is 32.4 Å². The minimum Gasteiger partial charge on any atom is -0.411 e. The fraction of sp³-hybridized carbons (Fsp3) is 0.375. The van der Waals surface area contributed by atoms with Crippen LogP contribution in [0.1, 0.15) is 26.7 Å². The molecule has 0 saturated carbocycles. The minimum atomic E-state index is -0.589. The Bertz CT molecular complexity index is 690. The van der Waals surface area contributed by atoms with Gasteiger partial charge in [0.15, 0.2) is 0 Å². The number of carbonyl (C=O) groups is 1. The Kier molecular flexibility index (Phi) is 5.77. The fourth-order valence-corrected chi connectivity index (χ4v) is 2.54. The zero-order chi connectivity index (χ0) is 16.7. The largest absolute Gasteiger partial charge is 0.411 e. The van der Waals surface area contributed by atoms with Crippen LogP contribution in [0.3, 0.4) is 0 Å². The number of hydrogen-bond donors (Lipinski definition) is 1. The number of thioether (sulfide) groups is 1. The number of hydrogen-bond acceptors (Lipinski definition) is 6. The lowest BCUT2D eigenvalue weighted by Crippen LogP contribution is -2.47. The number of amides is 1. The highest BCUT2D eigenvalue weighted by atomic mass is 32.2. The second kappa shape index (κ2) is 7.79. The number of aromatic nitrogens is 3. The first kappa shape index (κ1) is 17.0. The summed E-state index contributed by atoms with van der Waals surface area (Å²) in [5, 5.41) is 11.1. The molecule has 0 aliphatic rings. The summed E-state index contributed by atoms with van der Waals surface area (Å²) < 4.78 is 5.52. The third-order valence-electron chi connectivity index (χ3n) is 3.52. The van der Waals surface area contributed by atoms with E-state index in [1.54, 1.807) is 24.5 Å². The average molecular weight is 330 g/mol. The molecule has 2 heterocycles. The van der Waals surface area contributed by atoms with Crippen LogP contribution >= 0.6 is 11.8 Å². The van der Waals surface area contributed by atoms with Gasteiger partial charge in [-0.3, -0.25) is 9.78 Å². The molecule has 2 aromatic rings. The first-order valence-corrected chi connectivity index (χ1v) is 8.26. The van der Waals surface area contributed by atoms with Gasteiger partial charge >= 0.3 is 0 Å². The van der Waals surface area contributed by atoms with E-state index in [4.69, 9.17) is 10.8 Å². The van der Waals surface area contributed by atoms with E-state index in [2.05, 4.69) is 26.4 Å². The summed E-state index contributed by atoms with van der Waals surface area (Å²) in [5.41, 5.74) is 0.196. The van der Waals surface area contributed by atoms with E-state index in [-0.39, 0.29) is 11.7 Å². The van der Waals surface area contributed by atoms with E-state index < -0.39 is 5.54 Å². The zero-order valence-corrected chi connectivity index (χ0v) is 13.9. The van der Waals surface area contributed by atoms with Crippen molar-refractivity contribution in [2.24, 2.45) is 0 Å². The van der Waals surface area contributed by atoms with Crippen molar-refractivity contribution in [2.75, 3.05) is 5.75 Å². The van der Waals surface area contributed by atoms with E-state index in [0.717, 1.165) is 5.56 Å². The monoisotopic (exact) mass is 330 g/mol. The number of pyridine rings is 1. The summed E-state index contributed by atoms with van der Waals surface area (Å²) in [6, 6.07) is 3.55. The summed E-state index contributed by atoms with van der Waals surface area (Å²) in [6.07, 6.45) is 10.2. The fourth-order valence-electron chi connectivity index (χ4n) is 1.98. The summed E-state index contributed by atoms with van der Waals surface area (Å²) in [7, 11) is 0. The van der Waals surface area contributed by atoms with Crippen LogP contribution in [-0.2, 0) is 4.79 Å². The molecule has 2 aromatic heterocycles. The van der Waals surface area contributed by atoms with Crippen molar-refractivity contribution in [3.05, 3.63) is 24.5 Å². The van der Waals surface area contributed by atoms with Crippen LogP contribution in [0.4, 0.5) is 0 Å². The van der Waals surface area contributed by atoms with Gasteiger partial charge in [-0.05, 0) is 25.0 Å². The van der Waals surface area contributed by atoms with Gasteiger partial charge in [-0.2, -0.15) is 0 Å². The molecule has 0 bridgehead atoms. The van der Waals surface area contributed by atoms with Crippen molar-refractivity contribution < 1.29 is 9.21 Å². The van der Waals surface area contributed by atoms with Gasteiger partial charge in [0.05, 0.1) is 5.75 Å². The molecule has 2 rings (SSSR count). The number of terminal acetylenes is 1. The molecular weight excluding hydrogens is 312 g/mol. The van der Waals surface area contributed by atoms with Crippen LogP contribution in [0.5, 0.6) is 0 Å². The molecule has 0 atom stereocenters. The Labute approximate surface area is 139 Å². The molecule has 0 unspecified atom stereocenters. The number of nitrogens with one attached hydrogen (secondary N) is 1. The highest BCUT2D eigenvalue weighted by molar-refractivity contribution is 7.99. The van der Waals surface area contributed by atoms with Gasteiger partial charge in [0.25, 0.3) is 5.22 Å². The first-order valence-electron chi connectivity index (χ1n) is 7.28. The molecule has 1 amide bonds. The molecule has 0 aliphatic carbocycles. The van der Waals surface area contributed by atoms with E-state index in [0.29, 0.717) is 24.0 Å². The minimum absolute atomic E-state index is 0.152. The van der Waals surface area contributed by atoms with Crippen molar-refractivity contribution in [1.82, 2.24) is 20.5 Å². The molecule has 120 valence electrons. The highest BCUT2D eigenvalue weighted by Gasteiger charge is 2.25. The molecule has 0 aliphatic heterocycles. The Balaban J connectivity index is 1.93. The molecule has 6 nitrogen and oxygen atoms in total. The van der Waals surface area contributed by atoms with Crippen molar-refractivity contribution in [2.45, 2.75) is 37.5 Å². The predicted octanol–water partition coefficient (Wildman–Crippen LogP) is 2.53. The molecule has 7 heteroatoms. The highest BCUT2D eigenvalue weighted by Crippen LogP contribution is 2.22. The van der Waals surface area contributed by atoms with Gasteiger partial charge in [-0.25, -0.2) is 0 Å². The Hall–Kier alpha value is -2.33. The third kappa shape index (κ3) is 4.33. The Morgan fingerprint density at radius 1 is 1.35 bits per heavy atom. The van der Waals surface area contributed by atoms with Crippen LogP contribution in [0.2, 0.25) is 0 Å². The van der Waals surface area contributed by atoms with Crippen LogP contribution in [0, 0.1) is 12.3 Å². The van der Waals surface area contributed by atoms with Crippen LogP contribution < -0.4 is 5.32 Å².